The Morgan fingerprint density at radius 1 is 1.50 bits per heavy atom. The van der Waals surface area contributed by atoms with Gasteiger partial charge in [0.15, 0.2) is 0 Å². The Hall–Kier alpha value is -1.16. The third-order valence-corrected chi connectivity index (χ3v) is 1.61. The maximum absolute atomic E-state index is 8.87. The first kappa shape index (κ1) is 8.93. The van der Waals surface area contributed by atoms with E-state index in [1.807, 2.05) is 6.92 Å². The van der Waals surface area contributed by atoms with E-state index in [0.717, 1.165) is 6.42 Å². The Morgan fingerprint density at radius 3 is 2.67 bits per heavy atom. The van der Waals surface area contributed by atoms with Crippen LogP contribution in [-0.4, -0.2) is 27.7 Å². The number of aromatic nitrogens is 2. The lowest BCUT2D eigenvalue weighted by atomic mass is 10.2. The van der Waals surface area contributed by atoms with Crippen LogP contribution < -0.4 is 5.32 Å². The molecule has 0 amide bonds. The maximum Gasteiger partial charge on any atom is 0.222 e. The minimum absolute atomic E-state index is 0.0485. The molecule has 0 fully saturated rings. The zero-order chi connectivity index (χ0) is 8.81. The summed E-state index contributed by atoms with van der Waals surface area (Å²) in [5, 5.41) is 11.9. The second kappa shape index (κ2) is 4.66. The van der Waals surface area contributed by atoms with Crippen molar-refractivity contribution in [1.29, 1.82) is 0 Å². The number of hydrogen-bond acceptors (Lipinski definition) is 4. The van der Waals surface area contributed by atoms with E-state index in [9.17, 15) is 0 Å². The first-order valence-electron chi connectivity index (χ1n) is 4.01. The van der Waals surface area contributed by atoms with Gasteiger partial charge >= 0.3 is 0 Å². The molecule has 1 aromatic heterocycles. The number of nitrogens with zero attached hydrogens (tertiary/aromatic N) is 2. The molecule has 0 unspecified atom stereocenters. The van der Waals surface area contributed by atoms with Crippen molar-refractivity contribution in [1.82, 2.24) is 9.97 Å². The first-order chi connectivity index (χ1) is 5.86. The normalized spacial score (nSPS) is 12.5. The minimum atomic E-state index is 0.0485. The predicted molar refractivity (Wildman–Crippen MR) is 46.8 cm³/mol. The third-order valence-electron chi connectivity index (χ3n) is 1.61. The van der Waals surface area contributed by atoms with Gasteiger partial charge < -0.3 is 10.4 Å². The van der Waals surface area contributed by atoms with E-state index in [1.54, 1.807) is 18.5 Å². The monoisotopic (exact) mass is 167 g/mol. The summed E-state index contributed by atoms with van der Waals surface area (Å²) >= 11 is 0. The Bertz CT molecular complexity index is 211. The minimum Gasteiger partial charge on any atom is -0.394 e. The Balaban J connectivity index is 2.51. The van der Waals surface area contributed by atoms with Crippen molar-refractivity contribution in [2.24, 2.45) is 0 Å². The van der Waals surface area contributed by atoms with E-state index < -0.39 is 0 Å². The average Bonchev–Trinajstić information content (AvgIpc) is 2.16. The van der Waals surface area contributed by atoms with Crippen molar-refractivity contribution >= 4 is 5.95 Å². The van der Waals surface area contributed by atoms with Gasteiger partial charge in [-0.05, 0) is 12.5 Å². The summed E-state index contributed by atoms with van der Waals surface area (Å²) in [6.07, 6.45) is 4.19. The van der Waals surface area contributed by atoms with Crippen LogP contribution in [0, 0.1) is 0 Å². The van der Waals surface area contributed by atoms with Crippen molar-refractivity contribution in [3.05, 3.63) is 18.5 Å². The van der Waals surface area contributed by atoms with Gasteiger partial charge in [0.1, 0.15) is 0 Å². The van der Waals surface area contributed by atoms with Crippen LogP contribution in [0.1, 0.15) is 13.3 Å². The fourth-order valence-electron chi connectivity index (χ4n) is 0.833. The Labute approximate surface area is 71.7 Å². The molecule has 0 saturated heterocycles. The van der Waals surface area contributed by atoms with Crippen molar-refractivity contribution in [2.45, 2.75) is 19.4 Å². The molecule has 0 spiro atoms. The summed E-state index contributed by atoms with van der Waals surface area (Å²) in [6.45, 7) is 2.10. The fourth-order valence-corrected chi connectivity index (χ4v) is 0.833. The van der Waals surface area contributed by atoms with Crippen LogP contribution in [0.2, 0.25) is 0 Å². The summed E-state index contributed by atoms with van der Waals surface area (Å²) in [7, 11) is 0. The van der Waals surface area contributed by atoms with Crippen LogP contribution in [0.4, 0.5) is 5.95 Å². The maximum atomic E-state index is 8.87. The van der Waals surface area contributed by atoms with Crippen LogP contribution >= 0.6 is 0 Å². The number of nitrogens with one attached hydrogen (secondary N) is 1. The Kier molecular flexibility index (Phi) is 3.47. The van der Waals surface area contributed by atoms with Gasteiger partial charge in [0.05, 0.1) is 12.6 Å². The summed E-state index contributed by atoms with van der Waals surface area (Å²) < 4.78 is 0. The zero-order valence-electron chi connectivity index (χ0n) is 7.07. The second-order valence-corrected chi connectivity index (χ2v) is 2.50. The largest absolute Gasteiger partial charge is 0.394 e. The van der Waals surface area contributed by atoms with Crippen molar-refractivity contribution in [3.63, 3.8) is 0 Å². The highest BCUT2D eigenvalue weighted by atomic mass is 16.3. The van der Waals surface area contributed by atoms with Crippen molar-refractivity contribution in [3.8, 4) is 0 Å². The van der Waals surface area contributed by atoms with E-state index in [1.165, 1.54) is 0 Å². The lowest BCUT2D eigenvalue weighted by Gasteiger charge is -2.12. The molecular weight excluding hydrogens is 154 g/mol. The highest BCUT2D eigenvalue weighted by Crippen LogP contribution is 2.00. The van der Waals surface area contributed by atoms with Crippen LogP contribution in [-0.2, 0) is 0 Å². The lowest BCUT2D eigenvalue weighted by Crippen LogP contribution is -2.23. The molecule has 66 valence electrons. The number of aliphatic hydroxyl groups excluding tert-OH is 1. The first-order valence-corrected chi connectivity index (χ1v) is 4.01. The number of anilines is 1. The number of aliphatic hydroxyl groups is 1. The third kappa shape index (κ3) is 2.47. The molecule has 0 aliphatic carbocycles. The fraction of sp³-hybridized carbons (Fsp3) is 0.500. The molecule has 1 heterocycles. The summed E-state index contributed by atoms with van der Waals surface area (Å²) in [6, 6.07) is 1.80. The molecule has 0 saturated carbocycles. The smallest absolute Gasteiger partial charge is 0.222 e. The SMILES string of the molecule is CC[C@H](CO)Nc1ncccn1. The van der Waals surface area contributed by atoms with Crippen LogP contribution in [0.5, 0.6) is 0 Å². The predicted octanol–water partition coefficient (Wildman–Crippen LogP) is 0.659. The molecule has 1 atom stereocenters. The van der Waals surface area contributed by atoms with Gasteiger partial charge in [-0.1, -0.05) is 6.92 Å². The van der Waals surface area contributed by atoms with Crippen LogP contribution in [0.3, 0.4) is 0 Å². The molecule has 2 N–H and O–H groups in total. The molecule has 0 bridgehead atoms. The second-order valence-electron chi connectivity index (χ2n) is 2.50. The molecular formula is C8H13N3O. The van der Waals surface area contributed by atoms with E-state index in [2.05, 4.69) is 15.3 Å². The van der Waals surface area contributed by atoms with Gasteiger partial charge in [-0.25, -0.2) is 9.97 Å². The van der Waals surface area contributed by atoms with E-state index >= 15 is 0 Å². The van der Waals surface area contributed by atoms with Gasteiger partial charge in [-0.2, -0.15) is 0 Å². The number of hydrogen-bond donors (Lipinski definition) is 2. The highest BCUT2D eigenvalue weighted by molar-refractivity contribution is 5.23. The molecule has 1 aromatic rings. The van der Waals surface area contributed by atoms with Crippen molar-refractivity contribution < 1.29 is 5.11 Å². The lowest BCUT2D eigenvalue weighted by molar-refractivity contribution is 0.271. The molecule has 1 rings (SSSR count). The average molecular weight is 167 g/mol. The number of rotatable bonds is 4. The molecule has 0 radical (unpaired) electrons. The summed E-state index contributed by atoms with van der Waals surface area (Å²) in [5.74, 6) is 0.568. The van der Waals surface area contributed by atoms with E-state index in [-0.39, 0.29) is 12.6 Å². The van der Waals surface area contributed by atoms with E-state index in [4.69, 9.17) is 5.11 Å². The van der Waals surface area contributed by atoms with Gasteiger partial charge in [-0.3, -0.25) is 0 Å². The van der Waals surface area contributed by atoms with Crippen molar-refractivity contribution in [2.75, 3.05) is 11.9 Å². The zero-order valence-corrected chi connectivity index (χ0v) is 7.07. The molecule has 12 heavy (non-hydrogen) atoms. The van der Waals surface area contributed by atoms with Gasteiger partial charge in [0.25, 0.3) is 0 Å². The Morgan fingerprint density at radius 2 is 2.17 bits per heavy atom. The molecule has 0 aromatic carbocycles. The van der Waals surface area contributed by atoms with Gasteiger partial charge in [0, 0.05) is 12.4 Å². The van der Waals surface area contributed by atoms with Gasteiger partial charge in [0.2, 0.25) is 5.95 Å². The highest BCUT2D eigenvalue weighted by Gasteiger charge is 2.04. The molecule has 0 aliphatic heterocycles. The molecule has 0 aliphatic rings. The van der Waals surface area contributed by atoms with Gasteiger partial charge in [-0.15, -0.1) is 0 Å². The topological polar surface area (TPSA) is 58.0 Å². The molecule has 4 heteroatoms. The standard InChI is InChI=1S/C8H13N3O/c1-2-7(6-12)11-8-9-4-3-5-10-8/h3-5,7,12H,2,6H2,1H3,(H,9,10,11)/t7-/m1/s1. The van der Waals surface area contributed by atoms with Crippen LogP contribution in [0.15, 0.2) is 18.5 Å². The van der Waals surface area contributed by atoms with E-state index in [0.29, 0.717) is 5.95 Å². The molecule has 4 nitrogen and oxygen atoms in total. The summed E-state index contributed by atoms with van der Waals surface area (Å²) in [4.78, 5) is 7.96. The summed E-state index contributed by atoms with van der Waals surface area (Å²) in [5.41, 5.74) is 0. The quantitative estimate of drug-likeness (QED) is 0.691. The van der Waals surface area contributed by atoms with Crippen LogP contribution in [0.25, 0.3) is 0 Å².